The molecule has 1 aliphatic heterocycles. The van der Waals surface area contributed by atoms with Crippen molar-refractivity contribution in [1.82, 2.24) is 13.8 Å². The van der Waals surface area contributed by atoms with Crippen LogP contribution in [0.4, 0.5) is 0 Å². The van der Waals surface area contributed by atoms with Gasteiger partial charge in [-0.25, -0.2) is 8.42 Å². The van der Waals surface area contributed by atoms with Crippen LogP contribution in [0.2, 0.25) is 0 Å². The van der Waals surface area contributed by atoms with E-state index >= 15 is 0 Å². The van der Waals surface area contributed by atoms with E-state index in [1.807, 2.05) is 13.2 Å². The minimum atomic E-state index is -3.16. The lowest BCUT2D eigenvalue weighted by Crippen LogP contribution is -2.51. The van der Waals surface area contributed by atoms with E-state index in [1.54, 1.807) is 22.5 Å². The fraction of sp³-hybridized carbons (Fsp3) is 0.583. The zero-order valence-corrected chi connectivity index (χ0v) is 13.9. The maximum atomic E-state index is 12.4. The Balaban J connectivity index is 2.04. The zero-order valence-electron chi connectivity index (χ0n) is 11.5. The molecule has 1 aromatic heterocycles. The molecule has 0 aromatic carbocycles. The van der Waals surface area contributed by atoms with Gasteiger partial charge in [-0.05, 0) is 28.9 Å². The van der Waals surface area contributed by atoms with E-state index in [2.05, 4.69) is 15.9 Å². The number of hydrogen-bond acceptors (Lipinski definition) is 3. The second-order valence-electron chi connectivity index (χ2n) is 4.75. The average molecular weight is 364 g/mol. The summed E-state index contributed by atoms with van der Waals surface area (Å²) in [6, 6.07) is 1.78. The number of amides is 1. The topological polar surface area (TPSA) is 62.6 Å². The second kappa shape index (κ2) is 5.87. The van der Waals surface area contributed by atoms with Crippen molar-refractivity contribution in [2.75, 3.05) is 31.9 Å². The Labute approximate surface area is 127 Å². The predicted molar refractivity (Wildman–Crippen MR) is 80.1 cm³/mol. The largest absolute Gasteiger partial charge is 0.345 e. The molecule has 1 aliphatic rings. The molecular weight excluding hydrogens is 346 g/mol. The van der Waals surface area contributed by atoms with Gasteiger partial charge < -0.3 is 9.47 Å². The van der Waals surface area contributed by atoms with Crippen molar-refractivity contribution >= 4 is 31.9 Å². The molecule has 0 N–H and O–H groups in total. The first-order chi connectivity index (χ1) is 9.35. The summed E-state index contributed by atoms with van der Waals surface area (Å²) >= 11 is 3.34. The molecule has 6 nitrogen and oxygen atoms in total. The number of carbonyl (C=O) groups excluding carboxylic acids is 1. The van der Waals surface area contributed by atoms with Crippen LogP contribution in [-0.2, 0) is 17.1 Å². The van der Waals surface area contributed by atoms with Crippen molar-refractivity contribution in [3.8, 4) is 0 Å². The maximum Gasteiger partial charge on any atom is 0.270 e. The van der Waals surface area contributed by atoms with Crippen molar-refractivity contribution in [3.05, 3.63) is 22.4 Å². The van der Waals surface area contributed by atoms with Gasteiger partial charge >= 0.3 is 0 Å². The molecule has 1 fully saturated rings. The number of hydrogen-bond donors (Lipinski definition) is 0. The molecule has 1 saturated heterocycles. The molecule has 8 heteroatoms. The van der Waals surface area contributed by atoms with E-state index in [4.69, 9.17) is 0 Å². The highest BCUT2D eigenvalue weighted by Crippen LogP contribution is 2.17. The quantitative estimate of drug-likeness (QED) is 0.801. The highest BCUT2D eigenvalue weighted by molar-refractivity contribution is 9.10. The SMILES string of the molecule is CCS(=O)(=O)N1CCN(C(=O)c2cc(Br)cn2C)CC1. The number of rotatable bonds is 3. The monoisotopic (exact) mass is 363 g/mol. The van der Waals surface area contributed by atoms with Crippen molar-refractivity contribution < 1.29 is 13.2 Å². The normalized spacial score (nSPS) is 17.4. The Kier molecular flexibility index (Phi) is 4.55. The van der Waals surface area contributed by atoms with Gasteiger partial charge in [0.05, 0.1) is 5.75 Å². The third-order valence-corrected chi connectivity index (χ3v) is 5.79. The van der Waals surface area contributed by atoms with Gasteiger partial charge in [0.1, 0.15) is 5.69 Å². The van der Waals surface area contributed by atoms with E-state index in [0.29, 0.717) is 31.9 Å². The van der Waals surface area contributed by atoms with Crippen LogP contribution in [0.3, 0.4) is 0 Å². The first kappa shape index (κ1) is 15.5. The van der Waals surface area contributed by atoms with Crippen LogP contribution in [0.5, 0.6) is 0 Å². The van der Waals surface area contributed by atoms with E-state index < -0.39 is 10.0 Å². The molecule has 20 heavy (non-hydrogen) atoms. The predicted octanol–water partition coefficient (Wildman–Crippen LogP) is 0.895. The number of sulfonamides is 1. The average Bonchev–Trinajstić information content (AvgIpc) is 2.77. The van der Waals surface area contributed by atoms with Crippen molar-refractivity contribution in [2.24, 2.45) is 7.05 Å². The molecule has 2 heterocycles. The van der Waals surface area contributed by atoms with Crippen LogP contribution in [0, 0.1) is 0 Å². The molecule has 2 rings (SSSR count). The summed E-state index contributed by atoms with van der Waals surface area (Å²) in [6.07, 6.45) is 1.82. The first-order valence-electron chi connectivity index (χ1n) is 6.44. The van der Waals surface area contributed by atoms with E-state index in [0.717, 1.165) is 4.47 Å². The summed E-state index contributed by atoms with van der Waals surface area (Å²) in [4.78, 5) is 14.1. The third kappa shape index (κ3) is 3.07. The Bertz CT molecular complexity index is 603. The van der Waals surface area contributed by atoms with Gasteiger partial charge in [0.15, 0.2) is 0 Å². The van der Waals surface area contributed by atoms with Gasteiger partial charge in [-0.15, -0.1) is 0 Å². The smallest absolute Gasteiger partial charge is 0.270 e. The van der Waals surface area contributed by atoms with Gasteiger partial charge in [-0.2, -0.15) is 4.31 Å². The van der Waals surface area contributed by atoms with Crippen LogP contribution >= 0.6 is 15.9 Å². The number of carbonyl (C=O) groups is 1. The maximum absolute atomic E-state index is 12.4. The standard InChI is InChI=1S/C12H18BrN3O3S/c1-3-20(18,19)16-6-4-15(5-7-16)12(17)11-8-10(13)9-14(11)2/h8-9H,3-7H2,1-2H3. The Morgan fingerprint density at radius 1 is 1.30 bits per heavy atom. The van der Waals surface area contributed by atoms with Gasteiger partial charge in [-0.1, -0.05) is 0 Å². The summed E-state index contributed by atoms with van der Waals surface area (Å²) in [5.41, 5.74) is 0.601. The Morgan fingerprint density at radius 2 is 1.90 bits per heavy atom. The Hall–Kier alpha value is -0.860. The van der Waals surface area contributed by atoms with E-state index in [1.165, 1.54) is 4.31 Å². The molecular formula is C12H18BrN3O3S. The summed E-state index contributed by atoms with van der Waals surface area (Å²) < 4.78 is 27.6. The third-order valence-electron chi connectivity index (χ3n) is 3.47. The van der Waals surface area contributed by atoms with Crippen LogP contribution in [-0.4, -0.2) is 60.0 Å². The number of nitrogens with zero attached hydrogens (tertiary/aromatic N) is 3. The van der Waals surface area contributed by atoms with Crippen LogP contribution in [0.25, 0.3) is 0 Å². The molecule has 0 spiro atoms. The highest BCUT2D eigenvalue weighted by Gasteiger charge is 2.28. The first-order valence-corrected chi connectivity index (χ1v) is 8.84. The summed E-state index contributed by atoms with van der Waals surface area (Å²) in [5.74, 6) is 0.0397. The highest BCUT2D eigenvalue weighted by atomic mass is 79.9. The van der Waals surface area contributed by atoms with Crippen LogP contribution < -0.4 is 0 Å². The molecule has 0 bridgehead atoms. The minimum absolute atomic E-state index is 0.0632. The molecule has 0 aliphatic carbocycles. The molecule has 0 radical (unpaired) electrons. The van der Waals surface area contributed by atoms with Crippen LogP contribution in [0.1, 0.15) is 17.4 Å². The summed E-state index contributed by atoms with van der Waals surface area (Å²) in [7, 11) is -1.34. The van der Waals surface area contributed by atoms with Gasteiger partial charge in [0.25, 0.3) is 5.91 Å². The number of piperazine rings is 1. The number of aryl methyl sites for hydroxylation is 1. The lowest BCUT2D eigenvalue weighted by molar-refractivity contribution is 0.0688. The van der Waals surface area contributed by atoms with Gasteiger partial charge in [0.2, 0.25) is 10.0 Å². The van der Waals surface area contributed by atoms with Crippen LogP contribution in [0.15, 0.2) is 16.7 Å². The van der Waals surface area contributed by atoms with Gasteiger partial charge in [-0.3, -0.25) is 4.79 Å². The molecule has 0 saturated carbocycles. The molecule has 112 valence electrons. The van der Waals surface area contributed by atoms with Crippen molar-refractivity contribution in [1.29, 1.82) is 0 Å². The van der Waals surface area contributed by atoms with Crippen molar-refractivity contribution in [3.63, 3.8) is 0 Å². The minimum Gasteiger partial charge on any atom is -0.345 e. The summed E-state index contributed by atoms with van der Waals surface area (Å²) in [6.45, 7) is 3.23. The lowest BCUT2D eigenvalue weighted by atomic mass is 10.3. The molecule has 1 aromatic rings. The fourth-order valence-electron chi connectivity index (χ4n) is 2.25. The molecule has 0 unspecified atom stereocenters. The fourth-order valence-corrected chi connectivity index (χ4v) is 3.86. The second-order valence-corrected chi connectivity index (χ2v) is 7.92. The lowest BCUT2D eigenvalue weighted by Gasteiger charge is -2.33. The zero-order chi connectivity index (χ0) is 14.9. The summed E-state index contributed by atoms with van der Waals surface area (Å²) in [5, 5.41) is 0. The number of halogens is 1. The molecule has 0 atom stereocenters. The molecule has 1 amide bonds. The van der Waals surface area contributed by atoms with Gasteiger partial charge in [0, 0.05) is 43.9 Å². The van der Waals surface area contributed by atoms with Crippen molar-refractivity contribution in [2.45, 2.75) is 6.92 Å². The Morgan fingerprint density at radius 3 is 2.35 bits per heavy atom. The number of aromatic nitrogens is 1. The van der Waals surface area contributed by atoms with E-state index in [9.17, 15) is 13.2 Å². The van der Waals surface area contributed by atoms with E-state index in [-0.39, 0.29) is 11.7 Å².